The standard InChI is InChI=1S/C22H24N4O2S/c1-12(2)26-9-8-16-18(11-26)29-22(19(16)20(23)27)25-21(28)15-6-7-17-14(10-15)5-4-13(3)24-17/h4-7,10,12H,8-9,11H2,1-3H3,(H2,23,27)(H,25,28). The van der Waals surface area contributed by atoms with E-state index < -0.39 is 5.91 Å². The number of fused-ring (bicyclic) bond motifs is 2. The van der Waals surface area contributed by atoms with Gasteiger partial charge in [-0.1, -0.05) is 6.07 Å². The largest absolute Gasteiger partial charge is 0.365 e. The second-order valence-electron chi connectivity index (χ2n) is 7.70. The fourth-order valence-corrected chi connectivity index (χ4v) is 5.03. The molecule has 3 heterocycles. The van der Waals surface area contributed by atoms with E-state index in [9.17, 15) is 9.59 Å². The van der Waals surface area contributed by atoms with Crippen molar-refractivity contribution in [3.05, 3.63) is 57.6 Å². The first-order valence-corrected chi connectivity index (χ1v) is 10.5. The van der Waals surface area contributed by atoms with Crippen molar-refractivity contribution in [1.29, 1.82) is 0 Å². The summed E-state index contributed by atoms with van der Waals surface area (Å²) in [6.45, 7) is 7.91. The SMILES string of the molecule is Cc1ccc2cc(C(=O)Nc3sc4c(c3C(N)=O)CCN(C(C)C)C4)ccc2n1. The third-order valence-electron chi connectivity index (χ3n) is 5.38. The fourth-order valence-electron chi connectivity index (χ4n) is 3.76. The zero-order valence-electron chi connectivity index (χ0n) is 16.8. The van der Waals surface area contributed by atoms with Crippen molar-refractivity contribution < 1.29 is 9.59 Å². The Morgan fingerprint density at radius 1 is 1.24 bits per heavy atom. The van der Waals surface area contributed by atoms with Gasteiger partial charge in [-0.15, -0.1) is 11.3 Å². The summed E-state index contributed by atoms with van der Waals surface area (Å²) in [4.78, 5) is 33.0. The third-order valence-corrected chi connectivity index (χ3v) is 6.51. The van der Waals surface area contributed by atoms with Crippen molar-refractivity contribution in [1.82, 2.24) is 9.88 Å². The van der Waals surface area contributed by atoms with Crippen molar-refractivity contribution in [2.24, 2.45) is 5.73 Å². The number of carbonyl (C=O) groups excluding carboxylic acids is 2. The molecule has 3 N–H and O–H groups in total. The first-order valence-electron chi connectivity index (χ1n) is 9.70. The smallest absolute Gasteiger partial charge is 0.256 e. The van der Waals surface area contributed by atoms with Gasteiger partial charge in [0.1, 0.15) is 5.00 Å². The summed E-state index contributed by atoms with van der Waals surface area (Å²) in [5, 5.41) is 4.37. The molecule has 0 saturated carbocycles. The number of aryl methyl sites for hydroxylation is 1. The second kappa shape index (κ2) is 7.57. The van der Waals surface area contributed by atoms with Gasteiger partial charge >= 0.3 is 0 Å². The Balaban J connectivity index is 1.64. The number of amides is 2. The molecule has 0 atom stereocenters. The van der Waals surface area contributed by atoms with Gasteiger partial charge in [0.25, 0.3) is 11.8 Å². The maximum atomic E-state index is 12.9. The van der Waals surface area contributed by atoms with E-state index in [1.807, 2.05) is 31.2 Å². The van der Waals surface area contributed by atoms with Crippen molar-refractivity contribution in [3.63, 3.8) is 0 Å². The molecule has 0 saturated heterocycles. The van der Waals surface area contributed by atoms with Crippen molar-refractivity contribution in [2.45, 2.75) is 39.8 Å². The average molecular weight is 409 g/mol. The van der Waals surface area contributed by atoms with Crippen LogP contribution in [0.4, 0.5) is 5.00 Å². The molecule has 0 fully saturated rings. The normalized spacial score (nSPS) is 14.2. The van der Waals surface area contributed by atoms with Gasteiger partial charge in [-0.05, 0) is 57.0 Å². The Kier molecular flexibility index (Phi) is 5.10. The lowest BCUT2D eigenvalue weighted by molar-refractivity contribution is 0.0999. The lowest BCUT2D eigenvalue weighted by Gasteiger charge is -2.30. The van der Waals surface area contributed by atoms with E-state index in [1.165, 1.54) is 11.3 Å². The number of anilines is 1. The van der Waals surface area contributed by atoms with Crippen LogP contribution in [0.5, 0.6) is 0 Å². The summed E-state index contributed by atoms with van der Waals surface area (Å²) in [6.07, 6.45) is 0.763. The van der Waals surface area contributed by atoms with Gasteiger partial charge in [-0.25, -0.2) is 0 Å². The Labute approximate surface area is 173 Å². The van der Waals surface area contributed by atoms with E-state index in [1.54, 1.807) is 6.07 Å². The van der Waals surface area contributed by atoms with E-state index in [0.29, 0.717) is 22.2 Å². The molecule has 150 valence electrons. The average Bonchev–Trinajstić information content (AvgIpc) is 3.04. The molecule has 0 unspecified atom stereocenters. The van der Waals surface area contributed by atoms with Crippen LogP contribution in [0.25, 0.3) is 10.9 Å². The van der Waals surface area contributed by atoms with Crippen LogP contribution < -0.4 is 11.1 Å². The quantitative estimate of drug-likeness (QED) is 0.689. The number of nitrogens with two attached hydrogens (primary N) is 1. The highest BCUT2D eigenvalue weighted by atomic mass is 32.1. The van der Waals surface area contributed by atoms with Gasteiger partial charge in [-0.3, -0.25) is 19.5 Å². The molecule has 6 nitrogen and oxygen atoms in total. The minimum Gasteiger partial charge on any atom is -0.365 e. The molecule has 2 amide bonds. The van der Waals surface area contributed by atoms with Crippen molar-refractivity contribution >= 4 is 39.1 Å². The fraction of sp³-hybridized carbons (Fsp3) is 0.318. The highest BCUT2D eigenvalue weighted by Crippen LogP contribution is 2.37. The molecule has 2 aromatic heterocycles. The summed E-state index contributed by atoms with van der Waals surface area (Å²) in [5.41, 5.74) is 9.41. The number of carbonyl (C=O) groups is 2. The number of nitrogens with zero attached hydrogens (tertiary/aromatic N) is 2. The topological polar surface area (TPSA) is 88.3 Å². The molecular weight excluding hydrogens is 384 g/mol. The molecule has 3 aromatic rings. The first kappa shape index (κ1) is 19.5. The maximum absolute atomic E-state index is 12.9. The monoisotopic (exact) mass is 408 g/mol. The van der Waals surface area contributed by atoms with Crippen LogP contribution in [0.2, 0.25) is 0 Å². The lowest BCUT2D eigenvalue weighted by Crippen LogP contribution is -2.35. The second-order valence-corrected chi connectivity index (χ2v) is 8.81. The molecule has 0 bridgehead atoms. The predicted octanol–water partition coefficient (Wildman–Crippen LogP) is 3.72. The molecule has 0 radical (unpaired) electrons. The number of nitrogens with one attached hydrogen (secondary N) is 1. The summed E-state index contributed by atoms with van der Waals surface area (Å²) in [6, 6.07) is 9.70. The molecular formula is C22H24N4O2S. The summed E-state index contributed by atoms with van der Waals surface area (Å²) in [5.74, 6) is -0.747. The van der Waals surface area contributed by atoms with Crippen molar-refractivity contribution in [3.8, 4) is 0 Å². The van der Waals surface area contributed by atoms with Crippen molar-refractivity contribution in [2.75, 3.05) is 11.9 Å². The van der Waals surface area contributed by atoms with Gasteiger partial charge in [0.05, 0.1) is 11.1 Å². The summed E-state index contributed by atoms with van der Waals surface area (Å²) in [7, 11) is 0. The number of hydrogen-bond acceptors (Lipinski definition) is 5. The third kappa shape index (κ3) is 3.75. The molecule has 4 rings (SSSR count). The van der Waals surface area contributed by atoms with Crippen LogP contribution in [0.3, 0.4) is 0 Å². The minimum absolute atomic E-state index is 0.255. The Hall–Kier alpha value is -2.77. The van der Waals surface area contributed by atoms with Crippen LogP contribution in [0, 0.1) is 6.92 Å². The first-order chi connectivity index (χ1) is 13.8. The predicted molar refractivity (Wildman–Crippen MR) is 117 cm³/mol. The number of primary amides is 1. The molecule has 1 aliphatic rings. The van der Waals surface area contributed by atoms with E-state index >= 15 is 0 Å². The number of hydrogen-bond donors (Lipinski definition) is 2. The highest BCUT2D eigenvalue weighted by molar-refractivity contribution is 7.17. The van der Waals surface area contributed by atoms with E-state index in [-0.39, 0.29) is 5.91 Å². The van der Waals surface area contributed by atoms with Gasteiger partial charge in [0.15, 0.2) is 0 Å². The zero-order valence-corrected chi connectivity index (χ0v) is 17.6. The summed E-state index contributed by atoms with van der Waals surface area (Å²) < 4.78 is 0. The van der Waals surface area contributed by atoms with E-state index in [0.717, 1.165) is 46.5 Å². The van der Waals surface area contributed by atoms with Gasteiger partial charge < -0.3 is 11.1 Å². The number of thiophene rings is 1. The molecule has 0 aliphatic carbocycles. The Bertz CT molecular complexity index is 1120. The number of aromatic nitrogens is 1. The number of pyridine rings is 1. The molecule has 1 aliphatic heterocycles. The van der Waals surface area contributed by atoms with E-state index in [4.69, 9.17) is 5.73 Å². The van der Waals surface area contributed by atoms with Crippen LogP contribution in [-0.2, 0) is 13.0 Å². The number of rotatable bonds is 4. The molecule has 1 aromatic carbocycles. The summed E-state index contributed by atoms with van der Waals surface area (Å²) >= 11 is 1.45. The zero-order chi connectivity index (χ0) is 20.7. The van der Waals surface area contributed by atoms with Crippen LogP contribution in [0.15, 0.2) is 30.3 Å². The Morgan fingerprint density at radius 2 is 2.03 bits per heavy atom. The van der Waals surface area contributed by atoms with Gasteiger partial charge in [0, 0.05) is 40.7 Å². The highest BCUT2D eigenvalue weighted by Gasteiger charge is 2.28. The Morgan fingerprint density at radius 3 is 2.76 bits per heavy atom. The lowest BCUT2D eigenvalue weighted by atomic mass is 10.0. The van der Waals surface area contributed by atoms with Crippen LogP contribution in [0.1, 0.15) is 50.7 Å². The molecule has 7 heteroatoms. The van der Waals surface area contributed by atoms with E-state index in [2.05, 4.69) is 29.0 Å². The van der Waals surface area contributed by atoms with Crippen LogP contribution in [-0.4, -0.2) is 34.3 Å². The molecule has 29 heavy (non-hydrogen) atoms. The van der Waals surface area contributed by atoms with Gasteiger partial charge in [-0.2, -0.15) is 0 Å². The molecule has 0 spiro atoms. The number of benzene rings is 1. The minimum atomic E-state index is -0.492. The van der Waals surface area contributed by atoms with Gasteiger partial charge in [0.2, 0.25) is 0 Å². The van der Waals surface area contributed by atoms with Crippen LogP contribution >= 0.6 is 11.3 Å². The maximum Gasteiger partial charge on any atom is 0.256 e.